The van der Waals surface area contributed by atoms with Crippen LogP contribution in [0.15, 0.2) is 45.8 Å². The fourth-order valence-electron chi connectivity index (χ4n) is 2.67. The number of halogens is 3. The van der Waals surface area contributed by atoms with Crippen molar-refractivity contribution in [2.24, 2.45) is 0 Å². The highest BCUT2D eigenvalue weighted by molar-refractivity contribution is 7.90. The van der Waals surface area contributed by atoms with Gasteiger partial charge in [0.15, 0.2) is 22.3 Å². The summed E-state index contributed by atoms with van der Waals surface area (Å²) in [6.07, 6.45) is 0.906. The molecular weight excluding hydrogens is 400 g/mol. The lowest BCUT2D eigenvalue weighted by molar-refractivity contribution is 0.332. The highest BCUT2D eigenvalue weighted by atomic mass is 35.5. The van der Waals surface area contributed by atoms with Crippen molar-refractivity contribution in [3.63, 3.8) is 0 Å². The van der Waals surface area contributed by atoms with Crippen LogP contribution >= 0.6 is 11.6 Å². The lowest BCUT2D eigenvalue weighted by atomic mass is 9.99. The number of hydrogen-bond donors (Lipinski definition) is 0. The molecule has 0 N–H and O–H groups in total. The smallest absolute Gasteiger partial charge is 0.178 e. The first-order valence-corrected chi connectivity index (χ1v) is 9.91. The second-order valence-corrected chi connectivity index (χ2v) is 8.12. The fourth-order valence-corrected chi connectivity index (χ4v) is 3.60. The third-order valence-electron chi connectivity index (χ3n) is 3.93. The van der Waals surface area contributed by atoms with Crippen LogP contribution in [0.25, 0.3) is 22.4 Å². The van der Waals surface area contributed by atoms with Crippen LogP contribution in [0.5, 0.6) is 5.75 Å². The Morgan fingerprint density at radius 2 is 1.89 bits per heavy atom. The molecule has 0 atom stereocenters. The van der Waals surface area contributed by atoms with Gasteiger partial charge in [-0.2, -0.15) is 0 Å². The van der Waals surface area contributed by atoms with E-state index in [0.717, 1.165) is 18.4 Å². The Labute approximate surface area is 159 Å². The quantitative estimate of drug-likeness (QED) is 0.607. The monoisotopic (exact) mass is 413 g/mol. The minimum absolute atomic E-state index is 0.106. The van der Waals surface area contributed by atoms with E-state index >= 15 is 0 Å². The standard InChI is InChI=1S/C18H14ClF2NO4S/c1-25-14-8-11(3-5-12(14)19)18-17(15(9-20)26-22-18)10-4-6-16(13(21)7-10)27(2,23)24/h3-8H,9H2,1-2H3. The first-order chi connectivity index (χ1) is 12.8. The van der Waals surface area contributed by atoms with Gasteiger partial charge in [0.05, 0.1) is 17.7 Å². The molecule has 0 saturated carbocycles. The Morgan fingerprint density at radius 1 is 1.19 bits per heavy atom. The van der Waals surface area contributed by atoms with Crippen LogP contribution in [0.2, 0.25) is 5.02 Å². The fraction of sp³-hybridized carbons (Fsp3) is 0.167. The highest BCUT2D eigenvalue weighted by Crippen LogP contribution is 2.38. The van der Waals surface area contributed by atoms with Gasteiger partial charge in [-0.3, -0.25) is 0 Å². The van der Waals surface area contributed by atoms with Gasteiger partial charge >= 0.3 is 0 Å². The summed E-state index contributed by atoms with van der Waals surface area (Å²) in [7, 11) is -2.28. The van der Waals surface area contributed by atoms with E-state index < -0.39 is 27.2 Å². The maximum absolute atomic E-state index is 14.3. The summed E-state index contributed by atoms with van der Waals surface area (Å²) in [6, 6.07) is 8.32. The van der Waals surface area contributed by atoms with Gasteiger partial charge in [-0.05, 0) is 29.8 Å². The van der Waals surface area contributed by atoms with Crippen LogP contribution in [-0.4, -0.2) is 26.9 Å². The van der Waals surface area contributed by atoms with E-state index in [1.165, 1.54) is 13.2 Å². The molecule has 3 rings (SSSR count). The van der Waals surface area contributed by atoms with Gasteiger partial charge in [0.1, 0.15) is 22.2 Å². The zero-order valence-corrected chi connectivity index (χ0v) is 15.9. The molecule has 5 nitrogen and oxygen atoms in total. The minimum atomic E-state index is -3.73. The molecule has 27 heavy (non-hydrogen) atoms. The Bertz CT molecular complexity index is 1110. The summed E-state index contributed by atoms with van der Waals surface area (Å²) < 4.78 is 61.2. The molecule has 0 radical (unpaired) electrons. The van der Waals surface area contributed by atoms with Gasteiger partial charge in [-0.15, -0.1) is 0 Å². The molecule has 9 heteroatoms. The van der Waals surface area contributed by atoms with Gasteiger partial charge in [0.2, 0.25) is 0 Å². The van der Waals surface area contributed by atoms with E-state index in [2.05, 4.69) is 5.16 Å². The SMILES string of the molecule is COc1cc(-c2noc(CF)c2-c2ccc(S(C)(=O)=O)c(F)c2)ccc1Cl. The van der Waals surface area contributed by atoms with Crippen LogP contribution < -0.4 is 4.74 Å². The average molecular weight is 414 g/mol. The molecule has 1 heterocycles. The van der Waals surface area contributed by atoms with Gasteiger partial charge in [0.25, 0.3) is 0 Å². The van der Waals surface area contributed by atoms with Crippen LogP contribution in [-0.2, 0) is 16.5 Å². The average Bonchev–Trinajstić information content (AvgIpc) is 3.05. The van der Waals surface area contributed by atoms with Crippen molar-refractivity contribution in [2.45, 2.75) is 11.6 Å². The number of benzene rings is 2. The lowest BCUT2D eigenvalue weighted by Crippen LogP contribution is -2.01. The van der Waals surface area contributed by atoms with Crippen molar-refractivity contribution < 1.29 is 26.5 Å². The van der Waals surface area contributed by atoms with E-state index in [1.54, 1.807) is 18.2 Å². The van der Waals surface area contributed by atoms with E-state index in [-0.39, 0.29) is 22.6 Å². The van der Waals surface area contributed by atoms with Crippen molar-refractivity contribution in [3.8, 4) is 28.1 Å². The predicted octanol–water partition coefficient (Wildman–Crippen LogP) is 4.68. The minimum Gasteiger partial charge on any atom is -0.495 e. The lowest BCUT2D eigenvalue weighted by Gasteiger charge is -2.08. The molecule has 0 aliphatic carbocycles. The Balaban J connectivity index is 2.20. The van der Waals surface area contributed by atoms with Gasteiger partial charge < -0.3 is 9.26 Å². The summed E-state index contributed by atoms with van der Waals surface area (Å²) in [5.41, 5.74) is 1.23. The maximum Gasteiger partial charge on any atom is 0.178 e. The Morgan fingerprint density at radius 3 is 2.48 bits per heavy atom. The van der Waals surface area contributed by atoms with Gasteiger partial charge in [-0.25, -0.2) is 17.2 Å². The van der Waals surface area contributed by atoms with Crippen molar-refractivity contribution in [2.75, 3.05) is 13.4 Å². The third kappa shape index (κ3) is 3.68. The molecule has 0 unspecified atom stereocenters. The second-order valence-electron chi connectivity index (χ2n) is 5.73. The summed E-state index contributed by atoms with van der Waals surface area (Å²) in [6.45, 7) is -0.970. The van der Waals surface area contributed by atoms with Crippen molar-refractivity contribution in [1.29, 1.82) is 0 Å². The Kier molecular flexibility index (Phi) is 5.21. The van der Waals surface area contributed by atoms with Crippen molar-refractivity contribution in [3.05, 3.63) is 53.0 Å². The second kappa shape index (κ2) is 7.28. The molecule has 1 aromatic heterocycles. The summed E-state index contributed by atoms with van der Waals surface area (Å²) in [5.74, 6) is -0.672. The highest BCUT2D eigenvalue weighted by Gasteiger charge is 2.22. The molecular formula is C18H14ClF2NO4S. The molecule has 0 saturated heterocycles. The van der Waals surface area contributed by atoms with Gasteiger partial charge in [-0.1, -0.05) is 28.9 Å². The number of hydrogen-bond acceptors (Lipinski definition) is 5. The molecule has 2 aromatic carbocycles. The summed E-state index contributed by atoms with van der Waals surface area (Å²) in [4.78, 5) is -0.445. The number of nitrogens with zero attached hydrogens (tertiary/aromatic N) is 1. The molecule has 0 spiro atoms. The molecule has 0 fully saturated rings. The first kappa shape index (κ1) is 19.3. The number of sulfone groups is 1. The molecule has 0 aliphatic heterocycles. The maximum atomic E-state index is 14.3. The molecule has 3 aromatic rings. The molecule has 0 bridgehead atoms. The summed E-state index contributed by atoms with van der Waals surface area (Å²) >= 11 is 6.02. The summed E-state index contributed by atoms with van der Waals surface area (Å²) in [5, 5.41) is 4.26. The molecule has 0 amide bonds. The predicted molar refractivity (Wildman–Crippen MR) is 96.8 cm³/mol. The number of aromatic nitrogens is 1. The largest absolute Gasteiger partial charge is 0.495 e. The number of alkyl halides is 1. The third-order valence-corrected chi connectivity index (χ3v) is 5.37. The zero-order valence-electron chi connectivity index (χ0n) is 14.3. The number of methoxy groups -OCH3 is 1. The van der Waals surface area contributed by atoms with Crippen LogP contribution in [0, 0.1) is 5.82 Å². The molecule has 0 aliphatic rings. The van der Waals surface area contributed by atoms with E-state index in [0.29, 0.717) is 16.3 Å². The topological polar surface area (TPSA) is 69.4 Å². The van der Waals surface area contributed by atoms with E-state index in [9.17, 15) is 17.2 Å². The van der Waals surface area contributed by atoms with Gasteiger partial charge in [0, 0.05) is 11.8 Å². The van der Waals surface area contributed by atoms with E-state index in [1.807, 2.05) is 0 Å². The van der Waals surface area contributed by atoms with E-state index in [4.69, 9.17) is 20.9 Å². The zero-order chi connectivity index (χ0) is 19.8. The molecule has 142 valence electrons. The van der Waals surface area contributed by atoms with Crippen LogP contribution in [0.1, 0.15) is 5.76 Å². The van der Waals surface area contributed by atoms with Crippen LogP contribution in [0.4, 0.5) is 8.78 Å². The van der Waals surface area contributed by atoms with Crippen molar-refractivity contribution in [1.82, 2.24) is 5.16 Å². The first-order valence-electron chi connectivity index (χ1n) is 7.64. The van der Waals surface area contributed by atoms with Crippen LogP contribution in [0.3, 0.4) is 0 Å². The Hall–Kier alpha value is -2.45. The van der Waals surface area contributed by atoms with Crippen molar-refractivity contribution >= 4 is 21.4 Å². The normalized spacial score (nSPS) is 11.6. The number of rotatable bonds is 5. The number of ether oxygens (including phenoxy) is 1.